The number of hydrogen-bond acceptors (Lipinski definition) is 4. The molecule has 2 heterocycles. The van der Waals surface area contributed by atoms with Crippen LogP contribution in [0.1, 0.15) is 18.4 Å². The second-order valence-electron chi connectivity index (χ2n) is 8.26. The van der Waals surface area contributed by atoms with Crippen LogP contribution in [0.4, 0.5) is 0 Å². The molecule has 4 rings (SSSR count). The summed E-state index contributed by atoms with van der Waals surface area (Å²) in [5.41, 5.74) is 3.07. The van der Waals surface area contributed by atoms with Crippen molar-refractivity contribution in [3.05, 3.63) is 54.1 Å². The summed E-state index contributed by atoms with van der Waals surface area (Å²) in [7, 11) is 2.16. The molecule has 148 valence electrons. The summed E-state index contributed by atoms with van der Waals surface area (Å²) in [4.78, 5) is 20.0. The second kappa shape index (κ2) is 8.41. The molecule has 1 aromatic rings. The molecule has 2 fully saturated rings. The fourth-order valence-electron chi connectivity index (χ4n) is 4.40. The summed E-state index contributed by atoms with van der Waals surface area (Å²) in [6.45, 7) is 5.65. The fraction of sp³-hybridized carbons (Fsp3) is 0.478. The van der Waals surface area contributed by atoms with E-state index in [9.17, 15) is 4.79 Å². The smallest absolute Gasteiger partial charge is 0.230 e. The van der Waals surface area contributed by atoms with Crippen LogP contribution >= 0.6 is 0 Å². The van der Waals surface area contributed by atoms with Crippen LogP contribution in [0.2, 0.25) is 0 Å². The summed E-state index contributed by atoms with van der Waals surface area (Å²) < 4.78 is 0. The maximum absolute atomic E-state index is 13.2. The van der Waals surface area contributed by atoms with E-state index in [1.807, 2.05) is 23.1 Å². The van der Waals surface area contributed by atoms with E-state index in [-0.39, 0.29) is 17.9 Å². The third-order valence-corrected chi connectivity index (χ3v) is 6.16. The molecule has 5 heteroatoms. The lowest BCUT2D eigenvalue weighted by Gasteiger charge is -2.36. The van der Waals surface area contributed by atoms with Crippen molar-refractivity contribution in [2.75, 3.05) is 46.3 Å². The van der Waals surface area contributed by atoms with Gasteiger partial charge in [0.05, 0.1) is 18.5 Å². The fourth-order valence-corrected chi connectivity index (χ4v) is 4.40. The number of amides is 1. The van der Waals surface area contributed by atoms with E-state index < -0.39 is 0 Å². The Bertz CT molecular complexity index is 777. The largest absolute Gasteiger partial charge is 0.332 e. The summed E-state index contributed by atoms with van der Waals surface area (Å²) in [5.74, 6) is 0.0781. The standard InChI is InChI=1S/C23H30N4O/c1-25-11-13-26(14-12-25)17-22-15-21(24)16-27(22)23(28)20-9-7-19(8-10-20)18-5-3-2-4-6-18/h2-9,20,22,24H,10-17H2,1H3/t20?,22-/m0/s1. The van der Waals surface area contributed by atoms with Crippen molar-refractivity contribution >= 4 is 17.2 Å². The van der Waals surface area contributed by atoms with E-state index in [1.54, 1.807) is 0 Å². The lowest BCUT2D eigenvalue weighted by molar-refractivity contribution is -0.135. The molecule has 2 atom stereocenters. The van der Waals surface area contributed by atoms with Crippen LogP contribution in [-0.2, 0) is 4.79 Å². The van der Waals surface area contributed by atoms with E-state index in [4.69, 9.17) is 5.41 Å². The molecule has 28 heavy (non-hydrogen) atoms. The average Bonchev–Trinajstić information content (AvgIpc) is 3.10. The number of nitrogens with one attached hydrogen (secondary N) is 1. The SMILES string of the molecule is CN1CCN(C[C@@H]2CC(=N)CN2C(=O)C2C=CC(c3ccccc3)=CC2)CC1. The van der Waals surface area contributed by atoms with Crippen LogP contribution in [0.25, 0.3) is 5.57 Å². The second-order valence-corrected chi connectivity index (χ2v) is 8.26. The minimum atomic E-state index is -0.103. The highest BCUT2D eigenvalue weighted by Gasteiger charge is 2.36. The monoisotopic (exact) mass is 378 g/mol. The first-order valence-electron chi connectivity index (χ1n) is 10.3. The van der Waals surface area contributed by atoms with Gasteiger partial charge >= 0.3 is 0 Å². The normalized spacial score (nSPS) is 26.5. The van der Waals surface area contributed by atoms with E-state index in [2.05, 4.69) is 47.2 Å². The van der Waals surface area contributed by atoms with Crippen molar-refractivity contribution < 1.29 is 4.79 Å². The zero-order chi connectivity index (χ0) is 19.5. The zero-order valence-electron chi connectivity index (χ0n) is 16.7. The summed E-state index contributed by atoms with van der Waals surface area (Å²) in [6.07, 6.45) is 7.77. The Morgan fingerprint density at radius 2 is 1.89 bits per heavy atom. The third-order valence-electron chi connectivity index (χ3n) is 6.16. The van der Waals surface area contributed by atoms with Crippen molar-refractivity contribution in [2.45, 2.75) is 18.9 Å². The Labute approximate surface area is 167 Å². The number of benzene rings is 1. The molecule has 0 saturated carbocycles. The molecule has 0 aromatic heterocycles. The molecule has 0 spiro atoms. The first-order chi connectivity index (χ1) is 13.6. The van der Waals surface area contributed by atoms with Gasteiger partial charge < -0.3 is 15.2 Å². The molecule has 2 aliphatic heterocycles. The van der Waals surface area contributed by atoms with Crippen molar-refractivity contribution in [1.82, 2.24) is 14.7 Å². The van der Waals surface area contributed by atoms with Gasteiger partial charge in [-0.2, -0.15) is 0 Å². The molecule has 1 unspecified atom stereocenters. The van der Waals surface area contributed by atoms with Crippen LogP contribution in [0.15, 0.2) is 48.6 Å². The van der Waals surface area contributed by atoms with E-state index in [0.29, 0.717) is 12.3 Å². The van der Waals surface area contributed by atoms with Gasteiger partial charge in [-0.05, 0) is 24.6 Å². The number of likely N-dealkylation sites (N-methyl/N-ethyl adjacent to an activating group) is 1. The molecule has 3 aliphatic rings. The van der Waals surface area contributed by atoms with Gasteiger partial charge in [-0.25, -0.2) is 0 Å². The third kappa shape index (κ3) is 4.26. The summed E-state index contributed by atoms with van der Waals surface area (Å²) >= 11 is 0. The molecule has 1 aliphatic carbocycles. The minimum absolute atomic E-state index is 0.103. The predicted molar refractivity (Wildman–Crippen MR) is 113 cm³/mol. The highest BCUT2D eigenvalue weighted by atomic mass is 16.2. The molecule has 1 aromatic carbocycles. The quantitative estimate of drug-likeness (QED) is 0.876. The number of allylic oxidation sites excluding steroid dienone is 3. The van der Waals surface area contributed by atoms with Gasteiger partial charge in [0.1, 0.15) is 0 Å². The lowest BCUT2D eigenvalue weighted by atomic mass is 9.92. The zero-order valence-corrected chi connectivity index (χ0v) is 16.7. The molecule has 5 nitrogen and oxygen atoms in total. The van der Waals surface area contributed by atoms with Crippen molar-refractivity contribution in [2.24, 2.45) is 5.92 Å². The number of piperazine rings is 1. The van der Waals surface area contributed by atoms with E-state index in [1.165, 1.54) is 11.1 Å². The van der Waals surface area contributed by atoms with Crippen LogP contribution in [0, 0.1) is 11.3 Å². The molecular weight excluding hydrogens is 348 g/mol. The Kier molecular flexibility index (Phi) is 5.74. The number of carbonyl (C=O) groups is 1. The lowest BCUT2D eigenvalue weighted by Crippen LogP contribution is -2.50. The van der Waals surface area contributed by atoms with Gasteiger partial charge in [0.2, 0.25) is 5.91 Å². The van der Waals surface area contributed by atoms with Gasteiger partial charge in [-0.1, -0.05) is 48.6 Å². The van der Waals surface area contributed by atoms with Crippen molar-refractivity contribution in [3.63, 3.8) is 0 Å². The molecule has 0 bridgehead atoms. The summed E-state index contributed by atoms with van der Waals surface area (Å²) in [5, 5.41) is 8.16. The van der Waals surface area contributed by atoms with Gasteiger partial charge in [0.25, 0.3) is 0 Å². The molecule has 1 amide bonds. The van der Waals surface area contributed by atoms with Crippen molar-refractivity contribution in [3.8, 4) is 0 Å². The molecule has 2 saturated heterocycles. The van der Waals surface area contributed by atoms with E-state index in [0.717, 1.165) is 45.6 Å². The predicted octanol–water partition coefficient (Wildman–Crippen LogP) is 2.51. The Hall–Kier alpha value is -2.24. The van der Waals surface area contributed by atoms with Gasteiger partial charge in [-0.15, -0.1) is 0 Å². The average molecular weight is 379 g/mol. The minimum Gasteiger partial charge on any atom is -0.332 e. The number of nitrogens with zero attached hydrogens (tertiary/aromatic N) is 3. The number of rotatable bonds is 4. The first kappa shape index (κ1) is 19.1. The Balaban J connectivity index is 1.39. The number of hydrogen-bond donors (Lipinski definition) is 1. The van der Waals surface area contributed by atoms with Crippen LogP contribution in [0.5, 0.6) is 0 Å². The Morgan fingerprint density at radius 1 is 1.14 bits per heavy atom. The van der Waals surface area contributed by atoms with Gasteiger partial charge in [0, 0.05) is 44.9 Å². The number of likely N-dealkylation sites (tertiary alicyclic amines) is 1. The summed E-state index contributed by atoms with van der Waals surface area (Å²) in [6, 6.07) is 10.5. The van der Waals surface area contributed by atoms with Gasteiger partial charge in [0.15, 0.2) is 0 Å². The highest BCUT2D eigenvalue weighted by molar-refractivity contribution is 5.93. The number of carbonyl (C=O) groups excluding carboxylic acids is 1. The van der Waals surface area contributed by atoms with Crippen LogP contribution < -0.4 is 0 Å². The molecule has 1 N–H and O–H groups in total. The van der Waals surface area contributed by atoms with Crippen LogP contribution in [0.3, 0.4) is 0 Å². The molecular formula is C23H30N4O. The first-order valence-corrected chi connectivity index (χ1v) is 10.3. The van der Waals surface area contributed by atoms with Crippen LogP contribution in [-0.4, -0.2) is 78.7 Å². The maximum atomic E-state index is 13.2. The maximum Gasteiger partial charge on any atom is 0.230 e. The topological polar surface area (TPSA) is 50.6 Å². The molecule has 0 radical (unpaired) electrons. The van der Waals surface area contributed by atoms with Crippen molar-refractivity contribution in [1.29, 1.82) is 5.41 Å². The highest BCUT2D eigenvalue weighted by Crippen LogP contribution is 2.27. The van der Waals surface area contributed by atoms with Gasteiger partial charge in [-0.3, -0.25) is 9.69 Å². The van der Waals surface area contributed by atoms with E-state index >= 15 is 0 Å². The Morgan fingerprint density at radius 3 is 2.57 bits per heavy atom.